The van der Waals surface area contributed by atoms with E-state index in [-0.39, 0.29) is 12.0 Å². The van der Waals surface area contributed by atoms with Crippen molar-refractivity contribution < 1.29 is 22.5 Å². The summed E-state index contributed by atoms with van der Waals surface area (Å²) in [5, 5.41) is 6.96. The average molecular weight is 224 g/mol. The minimum absolute atomic E-state index is 0.0209. The highest BCUT2D eigenvalue weighted by Gasteiger charge is 2.30. The molecule has 0 heterocycles. The number of aliphatic carboxylic acids is 1. The third kappa shape index (κ3) is 4.57. The van der Waals surface area contributed by atoms with E-state index in [0.29, 0.717) is 0 Å². The third-order valence-electron chi connectivity index (χ3n) is 1.44. The molecule has 0 saturated heterocycles. The molecule has 0 bridgehead atoms. The van der Waals surface area contributed by atoms with Gasteiger partial charge in [-0.05, 0) is 12.3 Å². The van der Waals surface area contributed by atoms with E-state index in [4.69, 9.17) is 5.11 Å². The lowest BCUT2D eigenvalue weighted by Crippen LogP contribution is -2.31. The van der Waals surface area contributed by atoms with Crippen molar-refractivity contribution in [3.05, 3.63) is 0 Å². The quantitative estimate of drug-likeness (QED) is 0.716. The first kappa shape index (κ1) is 13.4. The highest BCUT2D eigenvalue weighted by atomic mass is 32.2. The number of carboxylic acids is 1. The van der Waals surface area contributed by atoms with Gasteiger partial charge in [-0.25, -0.2) is 0 Å². The van der Waals surface area contributed by atoms with Crippen molar-refractivity contribution in [3.8, 4) is 0 Å². The van der Waals surface area contributed by atoms with Crippen LogP contribution in [0.5, 0.6) is 0 Å². The Morgan fingerprint density at radius 2 is 1.86 bits per heavy atom. The van der Waals surface area contributed by atoms with Crippen LogP contribution < -0.4 is 0 Å². The van der Waals surface area contributed by atoms with Crippen molar-refractivity contribution in [3.63, 3.8) is 0 Å². The Hall–Kier alpha value is -0.620. The number of hydrogen-bond acceptors (Lipinski definition) is 4. The first-order valence-electron chi connectivity index (χ1n) is 4.17. The lowest BCUT2D eigenvalue weighted by atomic mass is 9.99. The SMILES string of the molecule is CC(C(=O)O)S(=O)(=O)OCC(C)(C)C. The zero-order valence-electron chi connectivity index (χ0n) is 8.77. The molecule has 6 heteroatoms. The standard InChI is InChI=1S/C8H16O5S/c1-6(7(9)10)14(11,12)13-5-8(2,3)4/h6H,5H2,1-4H3,(H,9,10). The van der Waals surface area contributed by atoms with E-state index in [1.807, 2.05) is 0 Å². The van der Waals surface area contributed by atoms with Gasteiger partial charge in [0.25, 0.3) is 10.1 Å². The van der Waals surface area contributed by atoms with Gasteiger partial charge in [-0.1, -0.05) is 20.8 Å². The van der Waals surface area contributed by atoms with Gasteiger partial charge in [-0.15, -0.1) is 0 Å². The minimum Gasteiger partial charge on any atom is -0.480 e. The molecule has 14 heavy (non-hydrogen) atoms. The van der Waals surface area contributed by atoms with Crippen LogP contribution in [-0.4, -0.2) is 31.4 Å². The predicted molar refractivity (Wildman–Crippen MR) is 51.4 cm³/mol. The number of hydrogen-bond donors (Lipinski definition) is 1. The zero-order valence-corrected chi connectivity index (χ0v) is 9.59. The third-order valence-corrected chi connectivity index (χ3v) is 2.95. The molecule has 1 unspecified atom stereocenters. The van der Waals surface area contributed by atoms with Crippen molar-refractivity contribution >= 4 is 16.1 Å². The predicted octanol–water partition coefficient (Wildman–Crippen LogP) is 0.852. The minimum atomic E-state index is -3.99. The first-order chi connectivity index (χ1) is 6.06. The van der Waals surface area contributed by atoms with Crippen molar-refractivity contribution in [2.75, 3.05) is 6.61 Å². The van der Waals surface area contributed by atoms with Crippen LogP contribution >= 0.6 is 0 Å². The first-order valence-corrected chi connectivity index (χ1v) is 5.64. The highest BCUT2D eigenvalue weighted by Crippen LogP contribution is 2.16. The molecule has 0 rings (SSSR count). The molecular weight excluding hydrogens is 208 g/mol. The summed E-state index contributed by atoms with van der Waals surface area (Å²) in [6.07, 6.45) is 0. The van der Waals surface area contributed by atoms with Crippen LogP contribution in [0, 0.1) is 5.41 Å². The van der Waals surface area contributed by atoms with Gasteiger partial charge in [-0.2, -0.15) is 8.42 Å². The van der Waals surface area contributed by atoms with E-state index < -0.39 is 21.3 Å². The smallest absolute Gasteiger partial charge is 0.324 e. The van der Waals surface area contributed by atoms with E-state index in [9.17, 15) is 13.2 Å². The topological polar surface area (TPSA) is 80.7 Å². The molecule has 0 aromatic heterocycles. The zero-order chi connectivity index (χ0) is 11.6. The van der Waals surface area contributed by atoms with Crippen LogP contribution in [0.4, 0.5) is 0 Å². The summed E-state index contributed by atoms with van der Waals surface area (Å²) in [5.41, 5.74) is -0.314. The molecule has 84 valence electrons. The second-order valence-electron chi connectivity index (χ2n) is 4.30. The molecule has 0 fully saturated rings. The summed E-state index contributed by atoms with van der Waals surface area (Å²) >= 11 is 0. The van der Waals surface area contributed by atoms with E-state index in [1.165, 1.54) is 0 Å². The monoisotopic (exact) mass is 224 g/mol. The van der Waals surface area contributed by atoms with Crippen LogP contribution in [0.15, 0.2) is 0 Å². The van der Waals surface area contributed by atoms with Gasteiger partial charge in [0, 0.05) is 0 Å². The molecule has 5 nitrogen and oxygen atoms in total. The second kappa shape index (κ2) is 4.27. The molecular formula is C8H16O5S. The Morgan fingerprint density at radius 3 is 2.14 bits per heavy atom. The van der Waals surface area contributed by atoms with Gasteiger partial charge in [0.2, 0.25) is 0 Å². The van der Waals surface area contributed by atoms with Gasteiger partial charge in [0.15, 0.2) is 5.25 Å². The normalized spacial score (nSPS) is 15.1. The Labute approximate surface area is 84.2 Å². The molecule has 0 aromatic rings. The van der Waals surface area contributed by atoms with E-state index in [1.54, 1.807) is 20.8 Å². The maximum absolute atomic E-state index is 11.2. The Bertz CT molecular complexity index is 298. The summed E-state index contributed by atoms with van der Waals surface area (Å²) < 4.78 is 27.0. The van der Waals surface area contributed by atoms with Gasteiger partial charge < -0.3 is 5.11 Å². The van der Waals surface area contributed by atoms with Crippen LogP contribution in [-0.2, 0) is 19.1 Å². The van der Waals surface area contributed by atoms with Crippen molar-refractivity contribution in [1.82, 2.24) is 0 Å². The average Bonchev–Trinajstić information content (AvgIpc) is 1.98. The molecule has 0 aliphatic heterocycles. The Balaban J connectivity index is 4.45. The molecule has 0 aliphatic rings. The van der Waals surface area contributed by atoms with Crippen LogP contribution in [0.2, 0.25) is 0 Å². The summed E-state index contributed by atoms with van der Waals surface area (Å²) in [4.78, 5) is 10.4. The molecule has 0 saturated carbocycles. The lowest BCUT2D eigenvalue weighted by molar-refractivity contribution is -0.136. The molecule has 0 aliphatic carbocycles. The van der Waals surface area contributed by atoms with Gasteiger partial charge >= 0.3 is 5.97 Å². The Morgan fingerprint density at radius 1 is 1.43 bits per heavy atom. The summed E-state index contributed by atoms with van der Waals surface area (Å²) in [6, 6.07) is 0. The maximum Gasteiger partial charge on any atom is 0.324 e. The van der Waals surface area contributed by atoms with E-state index in [0.717, 1.165) is 6.92 Å². The van der Waals surface area contributed by atoms with Crippen LogP contribution in [0.3, 0.4) is 0 Å². The molecule has 0 aromatic carbocycles. The van der Waals surface area contributed by atoms with Crippen LogP contribution in [0.25, 0.3) is 0 Å². The molecule has 1 atom stereocenters. The lowest BCUT2D eigenvalue weighted by Gasteiger charge is -2.18. The Kier molecular flexibility index (Phi) is 4.08. The van der Waals surface area contributed by atoms with E-state index in [2.05, 4.69) is 4.18 Å². The largest absolute Gasteiger partial charge is 0.480 e. The number of carboxylic acid groups (broad SMARTS) is 1. The second-order valence-corrected chi connectivity index (χ2v) is 6.22. The summed E-state index contributed by atoms with van der Waals surface area (Å²) in [7, 11) is -3.99. The number of rotatable bonds is 4. The van der Waals surface area contributed by atoms with E-state index >= 15 is 0 Å². The molecule has 1 N–H and O–H groups in total. The van der Waals surface area contributed by atoms with Gasteiger partial charge in [0.1, 0.15) is 0 Å². The fraction of sp³-hybridized carbons (Fsp3) is 0.875. The summed E-state index contributed by atoms with van der Waals surface area (Å²) in [6.45, 7) is 6.46. The fourth-order valence-corrected chi connectivity index (χ4v) is 1.45. The molecule has 0 radical (unpaired) electrons. The van der Waals surface area contributed by atoms with Crippen molar-refractivity contribution in [2.45, 2.75) is 32.9 Å². The van der Waals surface area contributed by atoms with Gasteiger partial charge in [0.05, 0.1) is 6.61 Å². The molecule has 0 spiro atoms. The van der Waals surface area contributed by atoms with Crippen LogP contribution in [0.1, 0.15) is 27.7 Å². The van der Waals surface area contributed by atoms with Crippen molar-refractivity contribution in [1.29, 1.82) is 0 Å². The highest BCUT2D eigenvalue weighted by molar-refractivity contribution is 7.88. The summed E-state index contributed by atoms with van der Waals surface area (Å²) in [5.74, 6) is -1.40. The van der Waals surface area contributed by atoms with Crippen molar-refractivity contribution in [2.24, 2.45) is 5.41 Å². The van der Waals surface area contributed by atoms with Gasteiger partial charge in [-0.3, -0.25) is 8.98 Å². The fourth-order valence-electron chi connectivity index (χ4n) is 0.484. The molecule has 0 amide bonds. The maximum atomic E-state index is 11.2. The number of carbonyl (C=O) groups is 1.